The molecule has 0 amide bonds. The molecule has 1 aliphatic carbocycles. The Morgan fingerprint density at radius 1 is 1.00 bits per heavy atom. The molecule has 3 atom stereocenters. The number of rotatable bonds is 9. The predicted molar refractivity (Wildman–Crippen MR) is 124 cm³/mol. The van der Waals surface area contributed by atoms with Gasteiger partial charge in [-0.2, -0.15) is 5.26 Å². The van der Waals surface area contributed by atoms with Gasteiger partial charge in [-0.1, -0.05) is 54.6 Å². The fourth-order valence-corrected chi connectivity index (χ4v) is 4.21. The first-order valence-corrected chi connectivity index (χ1v) is 11.2. The van der Waals surface area contributed by atoms with Crippen molar-refractivity contribution in [3.8, 4) is 6.07 Å². The van der Waals surface area contributed by atoms with E-state index in [1.54, 1.807) is 6.07 Å². The van der Waals surface area contributed by atoms with Gasteiger partial charge in [0.1, 0.15) is 0 Å². The van der Waals surface area contributed by atoms with Gasteiger partial charge in [0.25, 0.3) is 0 Å². The Kier molecular flexibility index (Phi) is 9.71. The summed E-state index contributed by atoms with van der Waals surface area (Å²) in [6.07, 6.45) is 4.61. The average Bonchev–Trinajstić information content (AvgIpc) is 3.44. The second-order valence-electron chi connectivity index (χ2n) is 8.28. The van der Waals surface area contributed by atoms with Crippen molar-refractivity contribution in [1.29, 1.82) is 5.26 Å². The molecule has 0 spiro atoms. The van der Waals surface area contributed by atoms with Crippen molar-refractivity contribution in [3.05, 3.63) is 71.3 Å². The lowest BCUT2D eigenvalue weighted by Crippen LogP contribution is -2.40. The molecule has 29 heavy (non-hydrogen) atoms. The minimum absolute atomic E-state index is 0.366. The third-order valence-corrected chi connectivity index (χ3v) is 6.18. The summed E-state index contributed by atoms with van der Waals surface area (Å²) in [7, 11) is 0. The van der Waals surface area contributed by atoms with Crippen molar-refractivity contribution < 1.29 is 0 Å². The third kappa shape index (κ3) is 7.84. The summed E-state index contributed by atoms with van der Waals surface area (Å²) < 4.78 is 0. The van der Waals surface area contributed by atoms with Crippen LogP contribution in [0, 0.1) is 11.3 Å². The van der Waals surface area contributed by atoms with Crippen molar-refractivity contribution >= 4 is 11.6 Å². The molecule has 1 fully saturated rings. The summed E-state index contributed by atoms with van der Waals surface area (Å²) in [4.78, 5) is 2.64. The zero-order valence-electron chi connectivity index (χ0n) is 18.3. The Labute approximate surface area is 182 Å². The monoisotopic (exact) mass is 410 g/mol. The third-order valence-electron chi connectivity index (χ3n) is 5.70. The van der Waals surface area contributed by atoms with Crippen LogP contribution in [0.1, 0.15) is 63.1 Å². The lowest BCUT2D eigenvalue weighted by Gasteiger charge is -2.33. The molecule has 0 saturated heterocycles. The van der Waals surface area contributed by atoms with Gasteiger partial charge in [0.05, 0.1) is 6.07 Å². The van der Waals surface area contributed by atoms with Crippen molar-refractivity contribution in [2.45, 2.75) is 76.8 Å². The van der Waals surface area contributed by atoms with Gasteiger partial charge in [-0.25, -0.2) is 0 Å². The topological polar surface area (TPSA) is 27.0 Å². The van der Waals surface area contributed by atoms with Crippen LogP contribution in [0.4, 0.5) is 0 Å². The van der Waals surface area contributed by atoms with Crippen molar-refractivity contribution in [3.63, 3.8) is 0 Å². The second kappa shape index (κ2) is 12.0. The van der Waals surface area contributed by atoms with Crippen LogP contribution in [0.5, 0.6) is 0 Å². The summed E-state index contributed by atoms with van der Waals surface area (Å²) in [5.74, 6) is 0.596. The van der Waals surface area contributed by atoms with Gasteiger partial charge in [-0.3, -0.25) is 4.90 Å². The van der Waals surface area contributed by atoms with Crippen LogP contribution >= 0.6 is 11.6 Å². The number of nitriles is 1. The molecule has 0 bridgehead atoms. The Morgan fingerprint density at radius 2 is 1.55 bits per heavy atom. The highest BCUT2D eigenvalue weighted by Gasteiger charge is 2.36. The van der Waals surface area contributed by atoms with Gasteiger partial charge < -0.3 is 0 Å². The highest BCUT2D eigenvalue weighted by atomic mass is 35.5. The zero-order chi connectivity index (χ0) is 21.2. The lowest BCUT2D eigenvalue weighted by atomic mass is 10.0. The molecule has 3 heteroatoms. The number of hydrogen-bond donors (Lipinski definition) is 0. The molecule has 156 valence electrons. The van der Waals surface area contributed by atoms with Gasteiger partial charge in [0, 0.05) is 36.8 Å². The summed E-state index contributed by atoms with van der Waals surface area (Å²) in [6.45, 7) is 9.56. The SMILES string of the molecule is CC#N.CC(C)N(CCc1ccccc1)C(C)CCc1ccc(C2CC2Cl)cc1. The molecule has 3 unspecified atom stereocenters. The maximum absolute atomic E-state index is 7.32. The fourth-order valence-electron chi connectivity index (χ4n) is 3.87. The van der Waals surface area contributed by atoms with E-state index in [1.807, 2.05) is 0 Å². The maximum atomic E-state index is 7.32. The number of hydrogen-bond acceptors (Lipinski definition) is 2. The van der Waals surface area contributed by atoms with Crippen LogP contribution < -0.4 is 0 Å². The average molecular weight is 411 g/mol. The van der Waals surface area contributed by atoms with E-state index >= 15 is 0 Å². The highest BCUT2D eigenvalue weighted by molar-refractivity contribution is 6.23. The molecule has 0 radical (unpaired) electrons. The summed E-state index contributed by atoms with van der Waals surface area (Å²) in [5.41, 5.74) is 4.28. The molecule has 3 rings (SSSR count). The maximum Gasteiger partial charge on any atom is 0.0587 e. The number of aryl methyl sites for hydroxylation is 1. The predicted octanol–water partition coefficient (Wildman–Crippen LogP) is 6.59. The number of benzene rings is 2. The Balaban J connectivity index is 0.000000941. The van der Waals surface area contributed by atoms with E-state index in [2.05, 4.69) is 80.3 Å². The van der Waals surface area contributed by atoms with E-state index in [0.717, 1.165) is 25.8 Å². The number of nitrogens with zero attached hydrogens (tertiary/aromatic N) is 2. The minimum atomic E-state index is 0.366. The molecule has 0 aliphatic heterocycles. The Hall–Kier alpha value is -1.82. The van der Waals surface area contributed by atoms with Crippen LogP contribution in [0.3, 0.4) is 0 Å². The quantitative estimate of drug-likeness (QED) is 0.436. The number of alkyl halides is 1. The zero-order valence-corrected chi connectivity index (χ0v) is 19.1. The first-order valence-electron chi connectivity index (χ1n) is 10.8. The number of halogens is 1. The highest BCUT2D eigenvalue weighted by Crippen LogP contribution is 2.45. The minimum Gasteiger partial charge on any atom is -0.298 e. The normalized spacial score (nSPS) is 18.7. The molecule has 1 saturated carbocycles. The van der Waals surface area contributed by atoms with E-state index in [9.17, 15) is 0 Å². The van der Waals surface area contributed by atoms with Crippen LogP contribution in [0.25, 0.3) is 0 Å². The molecule has 2 aromatic rings. The van der Waals surface area contributed by atoms with Gasteiger partial charge >= 0.3 is 0 Å². The van der Waals surface area contributed by atoms with E-state index in [4.69, 9.17) is 16.9 Å². The van der Waals surface area contributed by atoms with Crippen molar-refractivity contribution in [2.75, 3.05) is 6.54 Å². The molecule has 0 aromatic heterocycles. The van der Waals surface area contributed by atoms with Gasteiger partial charge in [0.15, 0.2) is 0 Å². The van der Waals surface area contributed by atoms with E-state index in [1.165, 1.54) is 30.0 Å². The summed E-state index contributed by atoms with van der Waals surface area (Å²) >= 11 is 6.16. The van der Waals surface area contributed by atoms with E-state index in [0.29, 0.717) is 23.4 Å². The van der Waals surface area contributed by atoms with Crippen LogP contribution in [0.15, 0.2) is 54.6 Å². The second-order valence-corrected chi connectivity index (χ2v) is 8.84. The molecule has 0 heterocycles. The molecular weight excluding hydrogens is 376 g/mol. The summed E-state index contributed by atoms with van der Waals surface area (Å²) in [5, 5.41) is 7.69. The first kappa shape index (κ1) is 23.5. The molecule has 2 aromatic carbocycles. The van der Waals surface area contributed by atoms with Gasteiger partial charge in [-0.05, 0) is 63.1 Å². The molecule has 2 nitrogen and oxygen atoms in total. The molecular formula is C26H35ClN2. The van der Waals surface area contributed by atoms with Gasteiger partial charge in [0.2, 0.25) is 0 Å². The largest absolute Gasteiger partial charge is 0.298 e. The van der Waals surface area contributed by atoms with Crippen molar-refractivity contribution in [2.24, 2.45) is 0 Å². The van der Waals surface area contributed by atoms with Crippen LogP contribution in [0.2, 0.25) is 0 Å². The Morgan fingerprint density at radius 3 is 2.07 bits per heavy atom. The van der Waals surface area contributed by atoms with Gasteiger partial charge in [-0.15, -0.1) is 11.6 Å². The first-order chi connectivity index (χ1) is 14.0. The lowest BCUT2D eigenvalue weighted by molar-refractivity contribution is 0.158. The Bertz CT molecular complexity index is 749. The van der Waals surface area contributed by atoms with Crippen LogP contribution in [-0.2, 0) is 12.8 Å². The molecule has 0 N–H and O–H groups in total. The standard InChI is InChI=1S/C24H32ClN.C2H3N/c1-18(2)26(16-15-20-7-5-4-6-8-20)19(3)9-10-21-11-13-22(14-12-21)23-17-24(23)25;1-2-3/h4-8,11-14,18-19,23-24H,9-10,15-17H2,1-3H3;1H3. The molecule has 1 aliphatic rings. The van der Waals surface area contributed by atoms with E-state index < -0.39 is 0 Å². The fraction of sp³-hybridized carbons (Fsp3) is 0.500. The summed E-state index contributed by atoms with van der Waals surface area (Å²) in [6, 6.07) is 22.9. The van der Waals surface area contributed by atoms with Crippen molar-refractivity contribution in [1.82, 2.24) is 4.90 Å². The smallest absolute Gasteiger partial charge is 0.0587 e. The van der Waals surface area contributed by atoms with E-state index in [-0.39, 0.29) is 0 Å². The van der Waals surface area contributed by atoms with Crippen LogP contribution in [-0.4, -0.2) is 28.9 Å².